The van der Waals surface area contributed by atoms with Gasteiger partial charge >= 0.3 is 0 Å². The molecule has 4 rings (SSSR count). The van der Waals surface area contributed by atoms with Crippen LogP contribution in [0.1, 0.15) is 15.9 Å². The average Bonchev–Trinajstić information content (AvgIpc) is 2.87. The van der Waals surface area contributed by atoms with E-state index in [9.17, 15) is 4.79 Å². The third-order valence-corrected chi connectivity index (χ3v) is 5.71. The van der Waals surface area contributed by atoms with Gasteiger partial charge in [0.25, 0.3) is 5.91 Å². The molecule has 3 aromatic rings. The van der Waals surface area contributed by atoms with Gasteiger partial charge in [-0.15, -0.1) is 0 Å². The predicted octanol–water partition coefficient (Wildman–Crippen LogP) is 5.31. The van der Waals surface area contributed by atoms with E-state index >= 15 is 0 Å². The normalized spacial score (nSPS) is 12.2. The molecule has 0 bridgehead atoms. The lowest BCUT2D eigenvalue weighted by Crippen LogP contribution is -2.28. The summed E-state index contributed by atoms with van der Waals surface area (Å²) in [6.07, 6.45) is 0. The summed E-state index contributed by atoms with van der Waals surface area (Å²) in [6, 6.07) is 23.3. The molecule has 1 aliphatic rings. The Bertz CT molecular complexity index is 1040. The van der Waals surface area contributed by atoms with Crippen molar-refractivity contribution >= 4 is 45.8 Å². The summed E-state index contributed by atoms with van der Waals surface area (Å²) >= 11 is 8.01. The minimum atomic E-state index is -0.129. The summed E-state index contributed by atoms with van der Waals surface area (Å²) in [4.78, 5) is 19.1. The van der Waals surface area contributed by atoms with Crippen LogP contribution in [-0.4, -0.2) is 24.2 Å². The van der Waals surface area contributed by atoms with E-state index < -0.39 is 0 Å². The molecule has 0 spiro atoms. The van der Waals surface area contributed by atoms with Crippen molar-refractivity contribution in [1.29, 1.82) is 0 Å². The van der Waals surface area contributed by atoms with Crippen molar-refractivity contribution in [3.05, 3.63) is 83.9 Å². The fraction of sp³-hybridized carbons (Fsp3) is 0.0909. The second-order valence-electron chi connectivity index (χ2n) is 6.23. The van der Waals surface area contributed by atoms with Crippen LogP contribution in [0.25, 0.3) is 0 Å². The van der Waals surface area contributed by atoms with E-state index in [1.54, 1.807) is 17.8 Å². The lowest BCUT2D eigenvalue weighted by atomic mass is 10.2. The number of rotatable bonds is 5. The van der Waals surface area contributed by atoms with Gasteiger partial charge < -0.3 is 10.6 Å². The highest BCUT2D eigenvalue weighted by molar-refractivity contribution is 7.99. The second-order valence-corrected chi connectivity index (χ2v) is 7.67. The summed E-state index contributed by atoms with van der Waals surface area (Å²) in [5.74, 6) is -0.129. The number of benzene rings is 3. The molecule has 0 aromatic heterocycles. The van der Waals surface area contributed by atoms with E-state index in [1.165, 1.54) is 0 Å². The molecule has 0 saturated carbocycles. The quantitative estimate of drug-likeness (QED) is 0.563. The van der Waals surface area contributed by atoms with E-state index in [4.69, 9.17) is 11.6 Å². The van der Waals surface area contributed by atoms with Crippen molar-refractivity contribution in [2.45, 2.75) is 9.79 Å². The van der Waals surface area contributed by atoms with Gasteiger partial charge in [0.2, 0.25) is 0 Å². The Hall–Kier alpha value is -2.76. The molecule has 4 nitrogen and oxygen atoms in total. The van der Waals surface area contributed by atoms with E-state index in [2.05, 4.69) is 15.6 Å². The van der Waals surface area contributed by atoms with Gasteiger partial charge in [-0.25, -0.2) is 4.99 Å². The molecular weight excluding hydrogens is 390 g/mol. The average molecular weight is 408 g/mol. The van der Waals surface area contributed by atoms with Gasteiger partial charge in [0, 0.05) is 39.7 Å². The molecule has 140 valence electrons. The molecule has 6 heteroatoms. The fourth-order valence-corrected chi connectivity index (χ4v) is 4.20. The van der Waals surface area contributed by atoms with Crippen LogP contribution in [0.2, 0.25) is 0 Å². The van der Waals surface area contributed by atoms with E-state index in [0.29, 0.717) is 29.5 Å². The maximum atomic E-state index is 12.5. The number of hydrogen-bond acceptors (Lipinski definition) is 4. The van der Waals surface area contributed by atoms with Crippen molar-refractivity contribution in [3.8, 4) is 0 Å². The van der Waals surface area contributed by atoms with Crippen molar-refractivity contribution in [1.82, 2.24) is 5.32 Å². The van der Waals surface area contributed by atoms with Gasteiger partial charge in [-0.05, 0) is 36.4 Å². The smallest absolute Gasteiger partial charge is 0.251 e. The summed E-state index contributed by atoms with van der Waals surface area (Å²) in [7, 11) is 0. The van der Waals surface area contributed by atoms with Crippen LogP contribution in [0, 0.1) is 0 Å². The highest BCUT2D eigenvalue weighted by atomic mass is 35.5. The van der Waals surface area contributed by atoms with Gasteiger partial charge in [-0.2, -0.15) is 0 Å². The number of nitrogens with one attached hydrogen (secondary N) is 2. The highest BCUT2D eigenvalue weighted by Crippen LogP contribution is 2.41. The number of amides is 1. The fourth-order valence-electron chi connectivity index (χ4n) is 2.88. The Morgan fingerprint density at radius 3 is 2.57 bits per heavy atom. The SMILES string of the molecule is O=C(NCCNc1ccccc1)c1ccc2c(c1)N=C(Cl)c1ccccc1S2. The second kappa shape index (κ2) is 8.50. The zero-order chi connectivity index (χ0) is 19.3. The molecule has 0 fully saturated rings. The summed E-state index contributed by atoms with van der Waals surface area (Å²) in [6.45, 7) is 1.17. The molecule has 2 N–H and O–H groups in total. The summed E-state index contributed by atoms with van der Waals surface area (Å²) in [5.41, 5.74) is 3.21. The number of halogens is 1. The number of para-hydroxylation sites is 1. The van der Waals surface area contributed by atoms with Crippen LogP contribution in [0.4, 0.5) is 11.4 Å². The van der Waals surface area contributed by atoms with Gasteiger partial charge in [0.05, 0.1) is 5.69 Å². The third kappa shape index (κ3) is 4.21. The first kappa shape index (κ1) is 18.6. The van der Waals surface area contributed by atoms with E-state index in [-0.39, 0.29) is 5.91 Å². The first-order chi connectivity index (χ1) is 13.7. The van der Waals surface area contributed by atoms with Gasteiger partial charge in [-0.3, -0.25) is 4.79 Å². The number of carbonyl (C=O) groups excluding carboxylic acids is 1. The number of anilines is 1. The van der Waals surface area contributed by atoms with Crippen molar-refractivity contribution in [2.24, 2.45) is 4.99 Å². The lowest BCUT2D eigenvalue weighted by Gasteiger charge is -2.09. The van der Waals surface area contributed by atoms with Crippen LogP contribution >= 0.6 is 23.4 Å². The molecule has 1 heterocycles. The molecule has 1 amide bonds. The van der Waals surface area contributed by atoms with Crippen LogP contribution in [0.15, 0.2) is 87.6 Å². The highest BCUT2D eigenvalue weighted by Gasteiger charge is 2.17. The molecule has 28 heavy (non-hydrogen) atoms. The molecular formula is C22H18ClN3OS. The Morgan fingerprint density at radius 1 is 0.929 bits per heavy atom. The topological polar surface area (TPSA) is 53.5 Å². The predicted molar refractivity (Wildman–Crippen MR) is 116 cm³/mol. The Kier molecular flexibility index (Phi) is 5.65. The largest absolute Gasteiger partial charge is 0.383 e. The van der Waals surface area contributed by atoms with Gasteiger partial charge in [0.15, 0.2) is 0 Å². The minimum absolute atomic E-state index is 0.129. The van der Waals surface area contributed by atoms with Gasteiger partial charge in [-0.1, -0.05) is 59.8 Å². The van der Waals surface area contributed by atoms with Crippen LogP contribution in [-0.2, 0) is 0 Å². The standard InChI is InChI=1S/C22H18ClN3OS/c23-21-17-8-4-5-9-19(17)28-20-11-10-15(14-18(20)26-21)22(27)25-13-12-24-16-6-2-1-3-7-16/h1-11,14,24H,12-13H2,(H,25,27). The number of nitrogens with zero attached hydrogens (tertiary/aromatic N) is 1. The third-order valence-electron chi connectivity index (χ3n) is 4.28. The van der Waals surface area contributed by atoms with E-state index in [0.717, 1.165) is 21.0 Å². The Labute approximate surface area is 173 Å². The Balaban J connectivity index is 1.43. The maximum absolute atomic E-state index is 12.5. The van der Waals surface area contributed by atoms with Crippen LogP contribution < -0.4 is 10.6 Å². The van der Waals surface area contributed by atoms with Crippen molar-refractivity contribution in [3.63, 3.8) is 0 Å². The van der Waals surface area contributed by atoms with Crippen LogP contribution in [0.5, 0.6) is 0 Å². The zero-order valence-corrected chi connectivity index (χ0v) is 16.6. The number of fused-ring (bicyclic) bond motifs is 2. The molecule has 0 aliphatic carbocycles. The van der Waals surface area contributed by atoms with E-state index in [1.807, 2.05) is 66.7 Å². The molecule has 0 atom stereocenters. The molecule has 3 aromatic carbocycles. The molecule has 1 aliphatic heterocycles. The monoisotopic (exact) mass is 407 g/mol. The first-order valence-electron chi connectivity index (χ1n) is 8.93. The number of hydrogen-bond donors (Lipinski definition) is 2. The molecule has 0 unspecified atom stereocenters. The van der Waals surface area contributed by atoms with Crippen LogP contribution in [0.3, 0.4) is 0 Å². The Morgan fingerprint density at radius 2 is 1.71 bits per heavy atom. The summed E-state index contributed by atoms with van der Waals surface area (Å²) in [5, 5.41) is 6.64. The lowest BCUT2D eigenvalue weighted by molar-refractivity contribution is 0.0955. The minimum Gasteiger partial charge on any atom is -0.383 e. The van der Waals surface area contributed by atoms with Crippen molar-refractivity contribution in [2.75, 3.05) is 18.4 Å². The zero-order valence-electron chi connectivity index (χ0n) is 15.0. The van der Waals surface area contributed by atoms with Crippen molar-refractivity contribution < 1.29 is 4.79 Å². The maximum Gasteiger partial charge on any atom is 0.251 e. The van der Waals surface area contributed by atoms with Gasteiger partial charge in [0.1, 0.15) is 5.17 Å². The molecule has 0 radical (unpaired) electrons. The number of aliphatic imine (C=N–C) groups is 1. The first-order valence-corrected chi connectivity index (χ1v) is 10.1. The summed E-state index contributed by atoms with van der Waals surface area (Å²) < 4.78 is 0. The number of carbonyl (C=O) groups is 1. The molecule has 0 saturated heterocycles.